The van der Waals surface area contributed by atoms with Gasteiger partial charge in [-0.25, -0.2) is 4.98 Å². The molecule has 25 heavy (non-hydrogen) atoms. The van der Waals surface area contributed by atoms with Gasteiger partial charge < -0.3 is 15.0 Å². The highest BCUT2D eigenvalue weighted by Crippen LogP contribution is 2.33. The van der Waals surface area contributed by atoms with Crippen molar-refractivity contribution in [2.24, 2.45) is 11.8 Å². The Morgan fingerprint density at radius 2 is 2.24 bits per heavy atom. The van der Waals surface area contributed by atoms with Crippen LogP contribution in [0.5, 0.6) is 0 Å². The van der Waals surface area contributed by atoms with Crippen molar-refractivity contribution in [1.82, 2.24) is 30.4 Å². The van der Waals surface area contributed by atoms with Crippen LogP contribution in [0.15, 0.2) is 30.9 Å². The number of amides is 2. The Labute approximate surface area is 143 Å². The quantitative estimate of drug-likeness (QED) is 0.790. The molecule has 2 aromatic rings. The number of ether oxygens (including phenoxy) is 1. The number of likely N-dealkylation sites (tertiary alicyclic amines) is 1. The Morgan fingerprint density at radius 3 is 3.00 bits per heavy atom. The highest BCUT2D eigenvalue weighted by molar-refractivity contribution is 5.92. The first-order chi connectivity index (χ1) is 12.2. The molecule has 0 bridgehead atoms. The molecule has 0 aromatic carbocycles. The van der Waals surface area contributed by atoms with Gasteiger partial charge in [0.2, 0.25) is 0 Å². The van der Waals surface area contributed by atoms with Crippen LogP contribution in [-0.4, -0.2) is 69.2 Å². The summed E-state index contributed by atoms with van der Waals surface area (Å²) in [4.78, 5) is 34.2. The van der Waals surface area contributed by atoms with E-state index in [4.69, 9.17) is 4.74 Å². The van der Waals surface area contributed by atoms with Crippen molar-refractivity contribution < 1.29 is 14.3 Å². The summed E-state index contributed by atoms with van der Waals surface area (Å²) in [5.74, 6) is 0.0667. The van der Waals surface area contributed by atoms with Crippen molar-refractivity contribution in [3.63, 3.8) is 0 Å². The summed E-state index contributed by atoms with van der Waals surface area (Å²) >= 11 is 0. The fourth-order valence-corrected chi connectivity index (χ4v) is 3.45. The third-order valence-electron chi connectivity index (χ3n) is 4.78. The van der Waals surface area contributed by atoms with Gasteiger partial charge in [0.25, 0.3) is 11.8 Å². The van der Waals surface area contributed by atoms with Gasteiger partial charge in [-0.3, -0.25) is 19.7 Å². The minimum atomic E-state index is -0.250. The molecule has 2 aliphatic rings. The first kappa shape index (κ1) is 15.7. The molecular formula is C16H18N6O3. The molecule has 0 unspecified atom stereocenters. The van der Waals surface area contributed by atoms with Crippen molar-refractivity contribution in [2.75, 3.05) is 26.2 Å². The second-order valence-electron chi connectivity index (χ2n) is 6.28. The highest BCUT2D eigenvalue weighted by Gasteiger charge is 2.45. The van der Waals surface area contributed by atoms with Crippen molar-refractivity contribution >= 4 is 11.8 Å². The standard InChI is InChI=1S/C16H18N6O3/c23-15(13-6-17-3-4-18-13)19-5-10-9-25-14-8-22(7-11(10)14)16(24)12-1-2-20-21-12/h1-4,6,10-11,14H,5,7-9H2,(H,19,23)(H,20,21)/t10-,11+,14+/m0/s1. The first-order valence-electron chi connectivity index (χ1n) is 8.17. The van der Waals surface area contributed by atoms with Crippen LogP contribution in [0.1, 0.15) is 21.0 Å². The SMILES string of the molecule is O=C(NC[C@H]1CO[C@@H]2CN(C(=O)c3ccn[nH]3)C[C@H]12)c1cnccn1. The summed E-state index contributed by atoms with van der Waals surface area (Å²) < 4.78 is 5.83. The third-order valence-corrected chi connectivity index (χ3v) is 4.78. The highest BCUT2D eigenvalue weighted by atomic mass is 16.5. The third kappa shape index (κ3) is 3.10. The Kier molecular flexibility index (Phi) is 4.14. The topological polar surface area (TPSA) is 113 Å². The summed E-state index contributed by atoms with van der Waals surface area (Å²) in [6.45, 7) is 2.26. The molecule has 2 amide bonds. The zero-order chi connectivity index (χ0) is 17.2. The lowest BCUT2D eigenvalue weighted by molar-refractivity contribution is 0.0670. The number of rotatable bonds is 4. The zero-order valence-electron chi connectivity index (χ0n) is 13.5. The van der Waals surface area contributed by atoms with E-state index >= 15 is 0 Å². The zero-order valence-corrected chi connectivity index (χ0v) is 13.5. The molecule has 9 nitrogen and oxygen atoms in total. The van der Waals surface area contributed by atoms with Gasteiger partial charge >= 0.3 is 0 Å². The van der Waals surface area contributed by atoms with E-state index in [-0.39, 0.29) is 29.8 Å². The van der Waals surface area contributed by atoms with E-state index in [2.05, 4.69) is 25.5 Å². The number of aromatic nitrogens is 4. The maximum absolute atomic E-state index is 12.4. The van der Waals surface area contributed by atoms with Crippen molar-refractivity contribution in [1.29, 1.82) is 0 Å². The van der Waals surface area contributed by atoms with Gasteiger partial charge in [0.05, 0.1) is 18.9 Å². The molecule has 9 heteroatoms. The first-order valence-corrected chi connectivity index (χ1v) is 8.17. The van der Waals surface area contributed by atoms with Crippen molar-refractivity contribution in [3.8, 4) is 0 Å². The van der Waals surface area contributed by atoms with Gasteiger partial charge in [0.1, 0.15) is 11.4 Å². The molecule has 3 atom stereocenters. The van der Waals surface area contributed by atoms with Crippen LogP contribution >= 0.6 is 0 Å². The number of nitrogens with one attached hydrogen (secondary N) is 2. The summed E-state index contributed by atoms with van der Waals surface area (Å²) in [6.07, 6.45) is 6.02. The predicted molar refractivity (Wildman–Crippen MR) is 85.6 cm³/mol. The molecule has 4 heterocycles. The number of H-pyrrole nitrogens is 1. The number of aromatic amines is 1. The van der Waals surface area contributed by atoms with Crippen LogP contribution < -0.4 is 5.32 Å². The lowest BCUT2D eigenvalue weighted by atomic mass is 9.93. The number of hydrogen-bond acceptors (Lipinski definition) is 6. The predicted octanol–water partition coefficient (Wildman–Crippen LogP) is -0.283. The Morgan fingerprint density at radius 1 is 1.32 bits per heavy atom. The Bertz CT molecular complexity index is 750. The number of hydrogen-bond donors (Lipinski definition) is 2. The Balaban J connectivity index is 1.34. The van der Waals surface area contributed by atoms with E-state index in [9.17, 15) is 9.59 Å². The molecule has 2 aromatic heterocycles. The number of carbonyl (C=O) groups is 2. The summed E-state index contributed by atoms with van der Waals surface area (Å²) in [6, 6.07) is 1.66. The number of fused-ring (bicyclic) bond motifs is 1. The van der Waals surface area contributed by atoms with Crippen LogP contribution in [0.2, 0.25) is 0 Å². The maximum Gasteiger partial charge on any atom is 0.271 e. The molecule has 2 aliphatic heterocycles. The summed E-state index contributed by atoms with van der Waals surface area (Å²) in [5, 5.41) is 9.40. The van der Waals surface area contributed by atoms with E-state index in [1.165, 1.54) is 18.6 Å². The molecule has 4 rings (SSSR count). The normalized spacial score (nSPS) is 25.0. The lowest BCUT2D eigenvalue weighted by Gasteiger charge is -2.19. The molecular weight excluding hydrogens is 324 g/mol. The average Bonchev–Trinajstić information content (AvgIpc) is 3.37. The summed E-state index contributed by atoms with van der Waals surface area (Å²) in [7, 11) is 0. The van der Waals surface area contributed by atoms with Crippen LogP contribution in [0.3, 0.4) is 0 Å². The van der Waals surface area contributed by atoms with Gasteiger partial charge in [-0.05, 0) is 6.07 Å². The molecule has 0 spiro atoms. The minimum Gasteiger partial charge on any atom is -0.376 e. The molecule has 130 valence electrons. The van der Waals surface area contributed by atoms with Crippen molar-refractivity contribution in [3.05, 3.63) is 42.2 Å². The fraction of sp³-hybridized carbons (Fsp3) is 0.438. The van der Waals surface area contributed by atoms with Crippen LogP contribution in [0.4, 0.5) is 0 Å². The molecule has 2 fully saturated rings. The second-order valence-corrected chi connectivity index (χ2v) is 6.28. The number of carbonyl (C=O) groups excluding carboxylic acids is 2. The maximum atomic E-state index is 12.4. The van der Waals surface area contributed by atoms with Crippen LogP contribution in [-0.2, 0) is 4.74 Å². The fourth-order valence-electron chi connectivity index (χ4n) is 3.45. The largest absolute Gasteiger partial charge is 0.376 e. The number of nitrogens with zero attached hydrogens (tertiary/aromatic N) is 4. The minimum absolute atomic E-state index is 0.0188. The molecule has 0 saturated carbocycles. The van der Waals surface area contributed by atoms with E-state index in [1.54, 1.807) is 17.2 Å². The smallest absolute Gasteiger partial charge is 0.271 e. The van der Waals surface area contributed by atoms with E-state index in [0.29, 0.717) is 37.6 Å². The molecule has 0 radical (unpaired) electrons. The van der Waals surface area contributed by atoms with Crippen molar-refractivity contribution in [2.45, 2.75) is 6.10 Å². The second kappa shape index (κ2) is 6.60. The van der Waals surface area contributed by atoms with Gasteiger partial charge in [-0.2, -0.15) is 5.10 Å². The Hall–Kier alpha value is -2.81. The molecule has 2 N–H and O–H groups in total. The van der Waals surface area contributed by atoms with Gasteiger partial charge in [0.15, 0.2) is 0 Å². The average molecular weight is 342 g/mol. The van der Waals surface area contributed by atoms with Gasteiger partial charge in [-0.1, -0.05) is 0 Å². The molecule has 2 saturated heterocycles. The monoisotopic (exact) mass is 342 g/mol. The van der Waals surface area contributed by atoms with E-state index < -0.39 is 0 Å². The summed E-state index contributed by atoms with van der Waals surface area (Å²) in [5.41, 5.74) is 0.771. The van der Waals surface area contributed by atoms with Gasteiger partial charge in [-0.15, -0.1) is 0 Å². The van der Waals surface area contributed by atoms with Crippen LogP contribution in [0.25, 0.3) is 0 Å². The van der Waals surface area contributed by atoms with Gasteiger partial charge in [0, 0.05) is 50.1 Å². The van der Waals surface area contributed by atoms with E-state index in [1.807, 2.05) is 0 Å². The lowest BCUT2D eigenvalue weighted by Crippen LogP contribution is -2.35. The molecule has 0 aliphatic carbocycles. The van der Waals surface area contributed by atoms with E-state index in [0.717, 1.165) is 0 Å². The van der Waals surface area contributed by atoms with Crippen LogP contribution in [0, 0.1) is 11.8 Å².